The molecule has 4 fully saturated rings. The maximum atomic E-state index is 11.7. The van der Waals surface area contributed by atoms with Gasteiger partial charge in [0, 0.05) is 20.1 Å². The zero-order valence-corrected chi connectivity index (χ0v) is 12.6. The molecule has 0 aromatic rings. The Labute approximate surface area is 117 Å². The van der Waals surface area contributed by atoms with E-state index in [9.17, 15) is 4.79 Å². The minimum absolute atomic E-state index is 0.191. The average Bonchev–Trinajstić information content (AvgIpc) is 2.33. The molecule has 0 radical (unpaired) electrons. The van der Waals surface area contributed by atoms with Crippen LogP contribution in [0.4, 0.5) is 0 Å². The maximum absolute atomic E-state index is 11.7. The lowest BCUT2D eigenvalue weighted by atomic mass is 9.48. The summed E-state index contributed by atoms with van der Waals surface area (Å²) in [6, 6.07) is 0.491. The fourth-order valence-electron chi connectivity index (χ4n) is 5.32. The van der Waals surface area contributed by atoms with Gasteiger partial charge in [-0.15, -0.1) is 0 Å². The lowest BCUT2D eigenvalue weighted by Crippen LogP contribution is -2.55. The monoisotopic (exact) mass is 264 g/mol. The van der Waals surface area contributed by atoms with Crippen molar-refractivity contribution in [3.63, 3.8) is 0 Å². The van der Waals surface area contributed by atoms with Crippen LogP contribution in [0.15, 0.2) is 0 Å². The van der Waals surface area contributed by atoms with E-state index in [2.05, 4.69) is 12.2 Å². The van der Waals surface area contributed by atoms with E-state index in [0.29, 0.717) is 18.0 Å². The Hall–Kier alpha value is -0.570. The van der Waals surface area contributed by atoms with Crippen LogP contribution in [0.5, 0.6) is 0 Å². The summed E-state index contributed by atoms with van der Waals surface area (Å²) in [6.07, 6.45) is 8.68. The van der Waals surface area contributed by atoms with Gasteiger partial charge in [0.25, 0.3) is 0 Å². The molecule has 4 saturated carbocycles. The van der Waals surface area contributed by atoms with E-state index in [1.165, 1.54) is 38.5 Å². The van der Waals surface area contributed by atoms with E-state index in [1.54, 1.807) is 4.90 Å². The first-order valence-corrected chi connectivity index (χ1v) is 7.92. The van der Waals surface area contributed by atoms with Crippen LogP contribution in [-0.2, 0) is 4.79 Å². The zero-order valence-electron chi connectivity index (χ0n) is 12.6. The van der Waals surface area contributed by atoms with Crippen LogP contribution in [0.3, 0.4) is 0 Å². The molecule has 0 aliphatic heterocycles. The lowest BCUT2D eigenvalue weighted by Gasteiger charge is -2.59. The van der Waals surface area contributed by atoms with Gasteiger partial charge in [-0.25, -0.2) is 0 Å². The summed E-state index contributed by atoms with van der Waals surface area (Å²) in [6.45, 7) is 2.81. The molecule has 4 rings (SSSR count). The zero-order chi connectivity index (χ0) is 13.6. The number of carbonyl (C=O) groups is 1. The Morgan fingerprint density at radius 3 is 2.05 bits per heavy atom. The van der Waals surface area contributed by atoms with E-state index < -0.39 is 0 Å². The van der Waals surface area contributed by atoms with Crippen molar-refractivity contribution in [3.05, 3.63) is 0 Å². The number of likely N-dealkylation sites (N-methyl/N-ethyl adjacent to an activating group) is 1. The number of rotatable bonds is 4. The van der Waals surface area contributed by atoms with E-state index in [-0.39, 0.29) is 5.91 Å². The Kier molecular flexibility index (Phi) is 3.36. The Bertz CT molecular complexity index is 328. The van der Waals surface area contributed by atoms with Crippen LogP contribution in [0.1, 0.15) is 45.4 Å². The van der Waals surface area contributed by atoms with E-state index >= 15 is 0 Å². The average molecular weight is 264 g/mol. The molecule has 1 N–H and O–H groups in total. The third-order valence-corrected chi connectivity index (χ3v) is 6.06. The predicted molar refractivity (Wildman–Crippen MR) is 76.8 cm³/mol. The molecule has 0 aromatic carbocycles. The fraction of sp³-hybridized carbons (Fsp3) is 0.938. The van der Waals surface area contributed by atoms with Crippen LogP contribution < -0.4 is 5.32 Å². The van der Waals surface area contributed by atoms with Crippen molar-refractivity contribution < 1.29 is 4.79 Å². The molecule has 19 heavy (non-hydrogen) atoms. The standard InChI is InChI=1S/C16H28N2O/c1-11(17-10-15(19)18(2)3)16-7-12-4-13(8-16)6-14(5-12)9-16/h11-14,17H,4-10H2,1-3H3. The molecule has 0 spiro atoms. The summed E-state index contributed by atoms with van der Waals surface area (Å²) < 4.78 is 0. The second-order valence-corrected chi connectivity index (χ2v) is 7.67. The van der Waals surface area contributed by atoms with Gasteiger partial charge in [0.15, 0.2) is 0 Å². The number of hydrogen-bond acceptors (Lipinski definition) is 2. The predicted octanol–water partition coefficient (Wildman–Crippen LogP) is 2.27. The topological polar surface area (TPSA) is 32.3 Å². The van der Waals surface area contributed by atoms with Crippen LogP contribution in [-0.4, -0.2) is 37.5 Å². The first-order chi connectivity index (χ1) is 8.98. The fourth-order valence-corrected chi connectivity index (χ4v) is 5.32. The summed E-state index contributed by atoms with van der Waals surface area (Å²) in [7, 11) is 3.67. The molecule has 108 valence electrons. The van der Waals surface area contributed by atoms with Crippen molar-refractivity contribution >= 4 is 5.91 Å². The number of hydrogen-bond donors (Lipinski definition) is 1. The molecule has 0 heterocycles. The molecule has 4 aliphatic rings. The Balaban J connectivity index is 1.63. The Morgan fingerprint density at radius 2 is 1.63 bits per heavy atom. The molecular formula is C16H28N2O. The third kappa shape index (κ3) is 2.42. The first kappa shape index (κ1) is 13.4. The van der Waals surface area contributed by atoms with Gasteiger partial charge in [0.05, 0.1) is 6.54 Å². The van der Waals surface area contributed by atoms with Gasteiger partial charge in [-0.1, -0.05) is 0 Å². The van der Waals surface area contributed by atoms with Crippen LogP contribution in [0.2, 0.25) is 0 Å². The lowest BCUT2D eigenvalue weighted by molar-refractivity contribution is -0.128. The van der Waals surface area contributed by atoms with Gasteiger partial charge in [0.1, 0.15) is 0 Å². The highest BCUT2D eigenvalue weighted by Crippen LogP contribution is 2.61. The summed E-state index contributed by atoms with van der Waals surface area (Å²) in [5, 5.41) is 3.53. The number of nitrogens with zero attached hydrogens (tertiary/aromatic N) is 1. The highest BCUT2D eigenvalue weighted by Gasteiger charge is 2.52. The maximum Gasteiger partial charge on any atom is 0.236 e. The highest BCUT2D eigenvalue weighted by atomic mass is 16.2. The van der Waals surface area contributed by atoms with Crippen LogP contribution >= 0.6 is 0 Å². The van der Waals surface area contributed by atoms with Gasteiger partial charge >= 0.3 is 0 Å². The second-order valence-electron chi connectivity index (χ2n) is 7.67. The highest BCUT2D eigenvalue weighted by molar-refractivity contribution is 5.77. The van der Waals surface area contributed by atoms with Crippen molar-refractivity contribution in [1.82, 2.24) is 10.2 Å². The number of amides is 1. The van der Waals surface area contributed by atoms with Gasteiger partial charge in [-0.05, 0) is 68.6 Å². The van der Waals surface area contributed by atoms with Crippen molar-refractivity contribution in [2.75, 3.05) is 20.6 Å². The van der Waals surface area contributed by atoms with Crippen molar-refractivity contribution in [2.45, 2.75) is 51.5 Å². The van der Waals surface area contributed by atoms with E-state index in [4.69, 9.17) is 0 Å². The molecular weight excluding hydrogens is 236 g/mol. The van der Waals surface area contributed by atoms with E-state index in [1.807, 2.05) is 14.1 Å². The van der Waals surface area contributed by atoms with Crippen LogP contribution in [0.25, 0.3) is 0 Å². The molecule has 0 saturated heterocycles. The quantitative estimate of drug-likeness (QED) is 0.845. The molecule has 1 amide bonds. The second kappa shape index (κ2) is 4.76. The largest absolute Gasteiger partial charge is 0.348 e. The Morgan fingerprint density at radius 1 is 1.16 bits per heavy atom. The first-order valence-electron chi connectivity index (χ1n) is 7.92. The summed E-state index contributed by atoms with van der Waals surface area (Å²) in [5.41, 5.74) is 0.501. The third-order valence-electron chi connectivity index (χ3n) is 6.06. The molecule has 3 nitrogen and oxygen atoms in total. The summed E-state index contributed by atoms with van der Waals surface area (Å²) >= 11 is 0. The van der Waals surface area contributed by atoms with Crippen molar-refractivity contribution in [2.24, 2.45) is 23.2 Å². The van der Waals surface area contributed by atoms with Gasteiger partial charge in [-0.3, -0.25) is 4.79 Å². The summed E-state index contributed by atoms with van der Waals surface area (Å²) in [4.78, 5) is 13.4. The molecule has 4 aliphatic carbocycles. The van der Waals surface area contributed by atoms with Gasteiger partial charge in [0.2, 0.25) is 5.91 Å². The molecule has 1 atom stereocenters. The smallest absolute Gasteiger partial charge is 0.236 e. The molecule has 4 bridgehead atoms. The minimum Gasteiger partial charge on any atom is -0.348 e. The molecule has 3 heteroatoms. The van der Waals surface area contributed by atoms with Crippen molar-refractivity contribution in [3.8, 4) is 0 Å². The normalized spacial score (nSPS) is 41.3. The van der Waals surface area contributed by atoms with Crippen LogP contribution in [0, 0.1) is 23.2 Å². The summed E-state index contributed by atoms with van der Waals surface area (Å²) in [5.74, 6) is 3.15. The van der Waals surface area contributed by atoms with Crippen molar-refractivity contribution in [1.29, 1.82) is 0 Å². The number of carbonyl (C=O) groups excluding carboxylic acids is 1. The van der Waals surface area contributed by atoms with Gasteiger partial charge in [-0.2, -0.15) is 0 Å². The minimum atomic E-state index is 0.191. The van der Waals surface area contributed by atoms with Gasteiger partial charge < -0.3 is 10.2 Å². The SMILES string of the molecule is CC(NCC(=O)N(C)C)C12CC3CC(CC(C3)C1)C2. The van der Waals surface area contributed by atoms with E-state index in [0.717, 1.165) is 17.8 Å². The molecule has 1 unspecified atom stereocenters. The number of nitrogens with one attached hydrogen (secondary N) is 1. The molecule has 0 aromatic heterocycles.